The van der Waals surface area contributed by atoms with Crippen LogP contribution in [0.25, 0.3) is 0 Å². The molecule has 0 aromatic heterocycles. The first kappa shape index (κ1) is 17.4. The van der Waals surface area contributed by atoms with Gasteiger partial charge in [-0.05, 0) is 32.3 Å². The van der Waals surface area contributed by atoms with Gasteiger partial charge in [0.25, 0.3) is 0 Å². The second-order valence-electron chi connectivity index (χ2n) is 3.68. The molecule has 0 atom stereocenters. The first-order valence-corrected chi connectivity index (χ1v) is 6.26. The SMILES string of the molecule is CC.C\C=C/C=C\C(\C=C/C)=C(\C)C(C)C. The zero-order valence-corrected chi connectivity index (χ0v) is 12.0. The summed E-state index contributed by atoms with van der Waals surface area (Å²) >= 11 is 0. The van der Waals surface area contributed by atoms with Gasteiger partial charge in [-0.3, -0.25) is 0 Å². The van der Waals surface area contributed by atoms with Crippen molar-refractivity contribution in [1.29, 1.82) is 0 Å². The second-order valence-corrected chi connectivity index (χ2v) is 3.68. The van der Waals surface area contributed by atoms with Crippen LogP contribution < -0.4 is 0 Å². The van der Waals surface area contributed by atoms with Gasteiger partial charge in [-0.15, -0.1) is 0 Å². The van der Waals surface area contributed by atoms with E-state index in [-0.39, 0.29) is 0 Å². The van der Waals surface area contributed by atoms with Gasteiger partial charge in [-0.1, -0.05) is 69.7 Å². The molecule has 0 saturated heterocycles. The number of allylic oxidation sites excluding steroid dienone is 8. The molecule has 0 saturated carbocycles. The summed E-state index contributed by atoms with van der Waals surface area (Å²) in [5.41, 5.74) is 2.75. The zero-order valence-electron chi connectivity index (χ0n) is 12.0. The molecular formula is C16H28. The van der Waals surface area contributed by atoms with E-state index in [1.807, 2.05) is 26.8 Å². The summed E-state index contributed by atoms with van der Waals surface area (Å²) in [5, 5.41) is 0. The molecule has 0 rings (SSSR count). The Morgan fingerprint density at radius 3 is 1.81 bits per heavy atom. The topological polar surface area (TPSA) is 0 Å². The van der Waals surface area contributed by atoms with Crippen LogP contribution in [0.3, 0.4) is 0 Å². The molecule has 0 aliphatic rings. The summed E-state index contributed by atoms with van der Waals surface area (Å²) in [7, 11) is 0. The summed E-state index contributed by atoms with van der Waals surface area (Å²) in [6.45, 7) is 14.7. The molecule has 0 unspecified atom stereocenters. The van der Waals surface area contributed by atoms with Crippen LogP contribution in [0.2, 0.25) is 0 Å². The van der Waals surface area contributed by atoms with Crippen LogP contribution >= 0.6 is 0 Å². The highest BCUT2D eigenvalue weighted by Crippen LogP contribution is 2.16. The van der Waals surface area contributed by atoms with Crippen LogP contribution in [0, 0.1) is 5.92 Å². The quantitative estimate of drug-likeness (QED) is 0.534. The predicted molar refractivity (Wildman–Crippen MR) is 77.7 cm³/mol. The normalized spacial score (nSPS) is 13.5. The fourth-order valence-electron chi connectivity index (χ4n) is 1.10. The van der Waals surface area contributed by atoms with Gasteiger partial charge in [0.2, 0.25) is 0 Å². The molecule has 92 valence electrons. The van der Waals surface area contributed by atoms with Crippen molar-refractivity contribution in [2.24, 2.45) is 5.92 Å². The lowest BCUT2D eigenvalue weighted by atomic mass is 9.98. The molecular weight excluding hydrogens is 192 g/mol. The molecule has 0 aromatic rings. The van der Waals surface area contributed by atoms with E-state index in [0.717, 1.165) is 0 Å². The Morgan fingerprint density at radius 2 is 1.44 bits per heavy atom. The lowest BCUT2D eigenvalue weighted by Crippen LogP contribution is -1.92. The van der Waals surface area contributed by atoms with Gasteiger partial charge in [-0.25, -0.2) is 0 Å². The van der Waals surface area contributed by atoms with E-state index >= 15 is 0 Å². The van der Waals surface area contributed by atoms with Crippen LogP contribution in [-0.4, -0.2) is 0 Å². The van der Waals surface area contributed by atoms with E-state index in [2.05, 4.69) is 58.1 Å². The third-order valence-electron chi connectivity index (χ3n) is 2.25. The van der Waals surface area contributed by atoms with Gasteiger partial charge in [0.15, 0.2) is 0 Å². The Balaban J connectivity index is 0. The molecule has 0 heteroatoms. The highest BCUT2D eigenvalue weighted by Gasteiger charge is 1.99. The molecule has 0 aliphatic carbocycles. The molecule has 0 spiro atoms. The van der Waals surface area contributed by atoms with E-state index in [1.165, 1.54) is 11.1 Å². The van der Waals surface area contributed by atoms with Gasteiger partial charge in [-0.2, -0.15) is 0 Å². The lowest BCUT2D eigenvalue weighted by Gasteiger charge is -2.08. The van der Waals surface area contributed by atoms with Crippen LogP contribution in [0.1, 0.15) is 48.5 Å². The van der Waals surface area contributed by atoms with Crippen LogP contribution in [0.4, 0.5) is 0 Å². The highest BCUT2D eigenvalue weighted by atomic mass is 14.0. The minimum atomic E-state index is 0.608. The lowest BCUT2D eigenvalue weighted by molar-refractivity contribution is 0.764. The van der Waals surface area contributed by atoms with Gasteiger partial charge in [0, 0.05) is 0 Å². The van der Waals surface area contributed by atoms with Crippen molar-refractivity contribution >= 4 is 0 Å². The van der Waals surface area contributed by atoms with Crippen molar-refractivity contribution in [2.75, 3.05) is 0 Å². The maximum absolute atomic E-state index is 2.22. The first-order chi connectivity index (χ1) is 7.63. The van der Waals surface area contributed by atoms with Crippen molar-refractivity contribution in [3.63, 3.8) is 0 Å². The molecule has 0 fully saturated rings. The third kappa shape index (κ3) is 8.28. The Labute approximate surface area is 102 Å². The number of hydrogen-bond donors (Lipinski definition) is 0. The summed E-state index contributed by atoms with van der Waals surface area (Å²) in [6.07, 6.45) is 12.6. The predicted octanol–water partition coefficient (Wildman–Crippen LogP) is 5.69. The fourth-order valence-corrected chi connectivity index (χ4v) is 1.10. The first-order valence-electron chi connectivity index (χ1n) is 6.26. The third-order valence-corrected chi connectivity index (χ3v) is 2.25. The Bertz CT molecular complexity index is 260. The standard InChI is InChI=1S/C14H22.C2H6/c1-6-8-9-11-14(10-7-2)13(5)12(3)4;1-2/h6-12H,1-5H3;1-2H3/b8-6-,10-7-,11-9-,14-13-;. The van der Waals surface area contributed by atoms with E-state index in [0.29, 0.717) is 5.92 Å². The number of hydrogen-bond acceptors (Lipinski definition) is 0. The molecule has 0 radical (unpaired) electrons. The van der Waals surface area contributed by atoms with Crippen molar-refractivity contribution < 1.29 is 0 Å². The van der Waals surface area contributed by atoms with Gasteiger partial charge < -0.3 is 0 Å². The maximum Gasteiger partial charge on any atom is -0.0254 e. The molecule has 0 nitrogen and oxygen atoms in total. The van der Waals surface area contributed by atoms with E-state index in [4.69, 9.17) is 0 Å². The van der Waals surface area contributed by atoms with E-state index in [9.17, 15) is 0 Å². The van der Waals surface area contributed by atoms with Crippen LogP contribution in [0.5, 0.6) is 0 Å². The monoisotopic (exact) mass is 220 g/mol. The van der Waals surface area contributed by atoms with Crippen molar-refractivity contribution in [1.82, 2.24) is 0 Å². The molecule has 0 heterocycles. The van der Waals surface area contributed by atoms with Gasteiger partial charge >= 0.3 is 0 Å². The molecule has 0 aliphatic heterocycles. The minimum absolute atomic E-state index is 0.608. The maximum atomic E-state index is 2.22. The summed E-state index contributed by atoms with van der Waals surface area (Å²) in [5.74, 6) is 0.608. The largest absolute Gasteiger partial charge is 0.0877 e. The minimum Gasteiger partial charge on any atom is -0.0877 e. The summed E-state index contributed by atoms with van der Waals surface area (Å²) in [4.78, 5) is 0. The summed E-state index contributed by atoms with van der Waals surface area (Å²) < 4.78 is 0. The average molecular weight is 220 g/mol. The van der Waals surface area contributed by atoms with Gasteiger partial charge in [0.05, 0.1) is 0 Å². The van der Waals surface area contributed by atoms with E-state index < -0.39 is 0 Å². The Kier molecular flexibility index (Phi) is 13.1. The van der Waals surface area contributed by atoms with Crippen LogP contribution in [-0.2, 0) is 0 Å². The second kappa shape index (κ2) is 12.0. The van der Waals surface area contributed by atoms with E-state index in [1.54, 1.807) is 0 Å². The molecule has 16 heavy (non-hydrogen) atoms. The molecule has 0 aromatic carbocycles. The zero-order chi connectivity index (χ0) is 13.0. The molecule has 0 amide bonds. The highest BCUT2D eigenvalue weighted by molar-refractivity contribution is 5.36. The molecule has 0 bridgehead atoms. The molecule has 0 N–H and O–H groups in total. The van der Waals surface area contributed by atoms with Crippen LogP contribution in [0.15, 0.2) is 47.6 Å². The Hall–Kier alpha value is -1.04. The van der Waals surface area contributed by atoms with Crippen molar-refractivity contribution in [3.8, 4) is 0 Å². The average Bonchev–Trinajstić information content (AvgIpc) is 2.30. The van der Waals surface area contributed by atoms with Gasteiger partial charge in [0.1, 0.15) is 0 Å². The Morgan fingerprint density at radius 1 is 0.875 bits per heavy atom. The smallest absolute Gasteiger partial charge is 0.0254 e. The van der Waals surface area contributed by atoms with Crippen molar-refractivity contribution in [2.45, 2.75) is 48.5 Å². The number of rotatable bonds is 4. The fraction of sp³-hybridized carbons (Fsp3) is 0.500. The van der Waals surface area contributed by atoms with Crippen molar-refractivity contribution in [3.05, 3.63) is 47.6 Å². The summed E-state index contributed by atoms with van der Waals surface area (Å²) in [6, 6.07) is 0.